The summed E-state index contributed by atoms with van der Waals surface area (Å²) in [5, 5.41) is 3.12. The Morgan fingerprint density at radius 1 is 0.833 bits per heavy atom. The van der Waals surface area contributed by atoms with Crippen LogP contribution in [-0.4, -0.2) is 14.6 Å². The SMILES string of the molecule is CCN1c2ccccc2[Si](C)(C)c2ccccc21. The quantitative estimate of drug-likeness (QED) is 0.706. The lowest BCUT2D eigenvalue weighted by Crippen LogP contribution is -2.59. The van der Waals surface area contributed by atoms with Crippen LogP contribution in [0.5, 0.6) is 0 Å². The highest BCUT2D eigenvalue weighted by Crippen LogP contribution is 2.30. The number of fused-ring (bicyclic) bond motifs is 2. The van der Waals surface area contributed by atoms with Gasteiger partial charge in [0, 0.05) is 17.9 Å². The lowest BCUT2D eigenvalue weighted by atomic mass is 10.2. The monoisotopic (exact) mass is 253 g/mol. The maximum absolute atomic E-state index is 2.46. The van der Waals surface area contributed by atoms with Gasteiger partial charge in [-0.2, -0.15) is 0 Å². The van der Waals surface area contributed by atoms with E-state index < -0.39 is 8.07 Å². The molecule has 0 spiro atoms. The van der Waals surface area contributed by atoms with E-state index in [-0.39, 0.29) is 0 Å². The van der Waals surface area contributed by atoms with E-state index in [1.807, 2.05) is 0 Å². The predicted octanol–water partition coefficient (Wildman–Crippen LogP) is 2.98. The Hall–Kier alpha value is -1.54. The first kappa shape index (κ1) is 11.5. The number of hydrogen-bond acceptors (Lipinski definition) is 1. The fourth-order valence-electron chi connectivity index (χ4n) is 3.09. The van der Waals surface area contributed by atoms with Gasteiger partial charge in [0.15, 0.2) is 0 Å². The Bertz CT molecular complexity index is 540. The molecule has 1 heterocycles. The second-order valence-electron chi connectivity index (χ2n) is 5.40. The molecule has 2 heteroatoms. The highest BCUT2D eigenvalue weighted by Gasteiger charge is 2.36. The number of benzene rings is 2. The van der Waals surface area contributed by atoms with Crippen LogP contribution >= 0.6 is 0 Å². The molecule has 0 amide bonds. The minimum absolute atomic E-state index is 1.03. The van der Waals surface area contributed by atoms with Crippen molar-refractivity contribution in [1.82, 2.24) is 0 Å². The third-order valence-electron chi connectivity index (χ3n) is 4.05. The standard InChI is InChI=1S/C16H19NSi/c1-4-17-13-9-5-7-11-15(13)18(2,3)16-12-8-6-10-14(16)17/h5-12H,4H2,1-3H3. The van der Waals surface area contributed by atoms with Crippen molar-refractivity contribution in [1.29, 1.82) is 0 Å². The van der Waals surface area contributed by atoms with Crippen molar-refractivity contribution in [2.24, 2.45) is 0 Å². The van der Waals surface area contributed by atoms with Crippen LogP contribution in [0.1, 0.15) is 6.92 Å². The van der Waals surface area contributed by atoms with E-state index in [2.05, 4.69) is 73.4 Å². The van der Waals surface area contributed by atoms with Crippen molar-refractivity contribution >= 4 is 29.8 Å². The molecule has 0 fully saturated rings. The maximum atomic E-state index is 2.46. The van der Waals surface area contributed by atoms with Gasteiger partial charge in [0.05, 0.1) is 0 Å². The smallest absolute Gasteiger partial charge is 0.117 e. The van der Waals surface area contributed by atoms with E-state index in [1.54, 1.807) is 10.4 Å². The van der Waals surface area contributed by atoms with E-state index >= 15 is 0 Å². The van der Waals surface area contributed by atoms with E-state index in [1.165, 1.54) is 11.4 Å². The average Bonchev–Trinajstić information content (AvgIpc) is 2.40. The summed E-state index contributed by atoms with van der Waals surface area (Å²) < 4.78 is 0. The zero-order valence-electron chi connectivity index (χ0n) is 11.3. The summed E-state index contributed by atoms with van der Waals surface area (Å²) in [6, 6.07) is 17.8. The van der Waals surface area contributed by atoms with Crippen LogP contribution in [0, 0.1) is 0 Å². The summed E-state index contributed by atoms with van der Waals surface area (Å²) >= 11 is 0. The molecule has 0 aliphatic carbocycles. The molecule has 0 saturated heterocycles. The molecular weight excluding hydrogens is 234 g/mol. The molecule has 0 bridgehead atoms. The number of rotatable bonds is 1. The van der Waals surface area contributed by atoms with Gasteiger partial charge in [0.1, 0.15) is 8.07 Å². The number of hydrogen-bond donors (Lipinski definition) is 0. The van der Waals surface area contributed by atoms with Crippen molar-refractivity contribution in [2.75, 3.05) is 11.4 Å². The summed E-state index contributed by atoms with van der Waals surface area (Å²) in [7, 11) is -1.53. The summed E-state index contributed by atoms with van der Waals surface area (Å²) in [4.78, 5) is 2.45. The molecule has 0 radical (unpaired) electrons. The summed E-state index contributed by atoms with van der Waals surface area (Å²) in [6.07, 6.45) is 0. The van der Waals surface area contributed by atoms with Gasteiger partial charge < -0.3 is 4.90 Å². The highest BCUT2D eigenvalue weighted by molar-refractivity contribution is 7.02. The lowest BCUT2D eigenvalue weighted by molar-refractivity contribution is 1.03. The molecule has 1 aliphatic heterocycles. The van der Waals surface area contributed by atoms with E-state index in [0.717, 1.165) is 6.54 Å². The minimum Gasteiger partial charge on any atom is -0.342 e. The number of para-hydroxylation sites is 2. The molecule has 0 N–H and O–H groups in total. The molecule has 0 atom stereocenters. The molecule has 92 valence electrons. The minimum atomic E-state index is -1.53. The van der Waals surface area contributed by atoms with E-state index in [4.69, 9.17) is 0 Å². The van der Waals surface area contributed by atoms with Gasteiger partial charge in [-0.3, -0.25) is 0 Å². The first-order valence-electron chi connectivity index (χ1n) is 6.63. The summed E-state index contributed by atoms with van der Waals surface area (Å²) in [5.74, 6) is 0. The molecule has 0 saturated carbocycles. The lowest BCUT2D eigenvalue weighted by Gasteiger charge is -2.40. The normalized spacial score (nSPS) is 16.1. The molecule has 3 rings (SSSR count). The Morgan fingerprint density at radius 3 is 1.72 bits per heavy atom. The summed E-state index contributed by atoms with van der Waals surface area (Å²) in [5.41, 5.74) is 2.82. The van der Waals surface area contributed by atoms with Crippen LogP contribution in [0.15, 0.2) is 48.5 Å². The van der Waals surface area contributed by atoms with Crippen LogP contribution in [0.2, 0.25) is 13.1 Å². The van der Waals surface area contributed by atoms with Crippen LogP contribution in [0.4, 0.5) is 11.4 Å². The molecule has 2 aromatic carbocycles. The van der Waals surface area contributed by atoms with E-state index in [9.17, 15) is 0 Å². The van der Waals surface area contributed by atoms with Crippen molar-refractivity contribution in [3.05, 3.63) is 48.5 Å². The second kappa shape index (κ2) is 3.99. The summed E-state index contributed by atoms with van der Waals surface area (Å²) in [6.45, 7) is 8.17. The number of nitrogens with zero attached hydrogens (tertiary/aromatic N) is 1. The molecular formula is C16H19NSi. The molecule has 0 unspecified atom stereocenters. The third kappa shape index (κ3) is 1.45. The fraction of sp³-hybridized carbons (Fsp3) is 0.250. The molecule has 1 aliphatic rings. The van der Waals surface area contributed by atoms with Gasteiger partial charge in [0.2, 0.25) is 0 Å². The van der Waals surface area contributed by atoms with Gasteiger partial charge in [0.25, 0.3) is 0 Å². The Balaban J connectivity index is 2.33. The van der Waals surface area contributed by atoms with Crippen LogP contribution < -0.4 is 15.3 Å². The second-order valence-corrected chi connectivity index (χ2v) is 9.73. The van der Waals surface area contributed by atoms with Crippen molar-refractivity contribution < 1.29 is 0 Å². The topological polar surface area (TPSA) is 3.24 Å². The van der Waals surface area contributed by atoms with Gasteiger partial charge in [-0.15, -0.1) is 0 Å². The van der Waals surface area contributed by atoms with Crippen molar-refractivity contribution in [2.45, 2.75) is 20.0 Å². The molecule has 0 aromatic heterocycles. The van der Waals surface area contributed by atoms with Crippen molar-refractivity contribution in [3.63, 3.8) is 0 Å². The van der Waals surface area contributed by atoms with Crippen molar-refractivity contribution in [3.8, 4) is 0 Å². The third-order valence-corrected chi connectivity index (χ3v) is 7.59. The largest absolute Gasteiger partial charge is 0.342 e. The predicted molar refractivity (Wildman–Crippen MR) is 82.3 cm³/mol. The highest BCUT2D eigenvalue weighted by atomic mass is 28.3. The fourth-order valence-corrected chi connectivity index (χ4v) is 6.12. The van der Waals surface area contributed by atoms with Crippen LogP contribution in [0.3, 0.4) is 0 Å². The number of anilines is 2. The first-order valence-corrected chi connectivity index (χ1v) is 9.63. The van der Waals surface area contributed by atoms with E-state index in [0.29, 0.717) is 0 Å². The Labute approximate surface area is 110 Å². The Morgan fingerprint density at radius 2 is 1.28 bits per heavy atom. The van der Waals surface area contributed by atoms with Gasteiger partial charge in [-0.05, 0) is 29.4 Å². The maximum Gasteiger partial charge on any atom is 0.117 e. The Kier molecular flexibility index (Phi) is 2.56. The van der Waals surface area contributed by atoms with Gasteiger partial charge in [-0.25, -0.2) is 0 Å². The average molecular weight is 253 g/mol. The van der Waals surface area contributed by atoms with Gasteiger partial charge >= 0.3 is 0 Å². The van der Waals surface area contributed by atoms with Gasteiger partial charge in [-0.1, -0.05) is 49.5 Å². The molecule has 18 heavy (non-hydrogen) atoms. The van der Waals surface area contributed by atoms with Crippen LogP contribution in [-0.2, 0) is 0 Å². The zero-order chi connectivity index (χ0) is 12.8. The molecule has 2 aromatic rings. The molecule has 1 nitrogen and oxygen atoms in total. The first-order chi connectivity index (χ1) is 8.66. The zero-order valence-corrected chi connectivity index (χ0v) is 12.3. The van der Waals surface area contributed by atoms with Crippen LogP contribution in [0.25, 0.3) is 0 Å².